The first-order valence-electron chi connectivity index (χ1n) is 6.19. The van der Waals surface area contributed by atoms with Crippen LogP contribution in [0.25, 0.3) is 0 Å². The molecule has 0 aromatic heterocycles. The molecule has 1 fully saturated rings. The molecule has 0 radical (unpaired) electrons. The van der Waals surface area contributed by atoms with Gasteiger partial charge in [-0.3, -0.25) is 14.9 Å². The molecule has 0 unspecified atom stereocenters. The Balaban J connectivity index is 2.08. The van der Waals surface area contributed by atoms with Gasteiger partial charge in [-0.25, -0.2) is 0 Å². The molecular weight excluding hydrogens is 248 g/mol. The highest BCUT2D eigenvalue weighted by Gasteiger charge is 2.28. The van der Waals surface area contributed by atoms with Crippen LogP contribution in [0.5, 0.6) is 0 Å². The smallest absolute Gasteiger partial charge is 0.282 e. The Morgan fingerprint density at radius 2 is 2.21 bits per heavy atom. The molecule has 1 aliphatic carbocycles. The van der Waals surface area contributed by atoms with E-state index >= 15 is 0 Å². The van der Waals surface area contributed by atoms with Gasteiger partial charge in [-0.05, 0) is 31.2 Å². The zero-order valence-corrected chi connectivity index (χ0v) is 10.6. The predicted molar refractivity (Wildman–Crippen MR) is 68.9 cm³/mol. The average Bonchev–Trinajstić information content (AvgIpc) is 2.32. The second-order valence-electron chi connectivity index (χ2n) is 4.93. The summed E-state index contributed by atoms with van der Waals surface area (Å²) in [7, 11) is 0. The van der Waals surface area contributed by atoms with Crippen LogP contribution in [0.4, 0.5) is 5.69 Å². The molecule has 1 aromatic rings. The van der Waals surface area contributed by atoms with Crippen LogP contribution < -0.4 is 5.32 Å². The van der Waals surface area contributed by atoms with Crippen LogP contribution in [0, 0.1) is 23.0 Å². The second-order valence-corrected chi connectivity index (χ2v) is 4.93. The highest BCUT2D eigenvalue weighted by atomic mass is 16.6. The third-order valence-electron chi connectivity index (χ3n) is 3.44. The third kappa shape index (κ3) is 2.90. The van der Waals surface area contributed by atoms with E-state index in [0.717, 1.165) is 0 Å². The summed E-state index contributed by atoms with van der Waals surface area (Å²) >= 11 is 0. The van der Waals surface area contributed by atoms with Crippen molar-refractivity contribution in [2.24, 2.45) is 5.92 Å². The monoisotopic (exact) mass is 264 g/mol. The van der Waals surface area contributed by atoms with Crippen LogP contribution in [0.1, 0.15) is 28.8 Å². The standard InChI is InChI=1S/C13H16N2O4/c1-8-3-2-4-11(15(18)19)12(8)13(17)14-7-9-5-10(16)6-9/h2-4,9-10,16H,5-7H2,1H3,(H,14,17). The van der Waals surface area contributed by atoms with Crippen LogP contribution in [0.3, 0.4) is 0 Å². The summed E-state index contributed by atoms with van der Waals surface area (Å²) in [5.74, 6) is -0.159. The Kier molecular flexibility index (Phi) is 3.80. The minimum absolute atomic E-state index is 0.118. The zero-order valence-electron chi connectivity index (χ0n) is 10.6. The number of hydrogen-bond acceptors (Lipinski definition) is 4. The fourth-order valence-corrected chi connectivity index (χ4v) is 2.29. The molecule has 0 bridgehead atoms. The molecule has 2 rings (SSSR count). The van der Waals surface area contributed by atoms with Gasteiger partial charge in [-0.2, -0.15) is 0 Å². The molecule has 0 spiro atoms. The van der Waals surface area contributed by atoms with Gasteiger partial charge in [-0.15, -0.1) is 0 Å². The molecule has 2 N–H and O–H groups in total. The van der Waals surface area contributed by atoms with E-state index in [-0.39, 0.29) is 23.3 Å². The number of carbonyl (C=O) groups excluding carboxylic acids is 1. The van der Waals surface area contributed by atoms with Crippen LogP contribution in [-0.4, -0.2) is 28.6 Å². The lowest BCUT2D eigenvalue weighted by Crippen LogP contribution is -2.38. The number of aliphatic hydroxyl groups is 1. The Bertz CT molecular complexity index is 509. The second kappa shape index (κ2) is 5.36. The minimum Gasteiger partial charge on any atom is -0.393 e. The summed E-state index contributed by atoms with van der Waals surface area (Å²) in [6.07, 6.45) is 1.08. The number of aryl methyl sites for hydroxylation is 1. The normalized spacial score (nSPS) is 21.6. The molecular formula is C13H16N2O4. The van der Waals surface area contributed by atoms with Crippen molar-refractivity contribution in [3.05, 3.63) is 39.4 Å². The van der Waals surface area contributed by atoms with E-state index in [2.05, 4.69) is 5.32 Å². The predicted octanol–water partition coefficient (Wildman–Crippen LogP) is 1.40. The van der Waals surface area contributed by atoms with Gasteiger partial charge in [0.25, 0.3) is 11.6 Å². The van der Waals surface area contributed by atoms with Gasteiger partial charge in [0.05, 0.1) is 11.0 Å². The van der Waals surface area contributed by atoms with Crippen molar-refractivity contribution in [2.45, 2.75) is 25.9 Å². The SMILES string of the molecule is Cc1cccc([N+](=O)[O-])c1C(=O)NCC1CC(O)C1. The maximum absolute atomic E-state index is 12.0. The van der Waals surface area contributed by atoms with Gasteiger partial charge in [0.15, 0.2) is 0 Å². The third-order valence-corrected chi connectivity index (χ3v) is 3.44. The first-order valence-corrected chi connectivity index (χ1v) is 6.19. The molecule has 1 saturated carbocycles. The van der Waals surface area contributed by atoms with E-state index < -0.39 is 10.8 Å². The molecule has 1 aliphatic rings. The summed E-state index contributed by atoms with van der Waals surface area (Å²) < 4.78 is 0. The van der Waals surface area contributed by atoms with Gasteiger partial charge in [0.1, 0.15) is 5.56 Å². The van der Waals surface area contributed by atoms with E-state index in [1.807, 2.05) is 0 Å². The molecule has 6 heteroatoms. The fourth-order valence-electron chi connectivity index (χ4n) is 2.29. The van der Waals surface area contributed by atoms with Crippen molar-refractivity contribution in [3.63, 3.8) is 0 Å². The van der Waals surface area contributed by atoms with Crippen LogP contribution in [-0.2, 0) is 0 Å². The van der Waals surface area contributed by atoms with Gasteiger partial charge in [0.2, 0.25) is 0 Å². The van der Waals surface area contributed by atoms with Crippen molar-refractivity contribution in [2.75, 3.05) is 6.54 Å². The van der Waals surface area contributed by atoms with E-state index in [9.17, 15) is 14.9 Å². The highest BCUT2D eigenvalue weighted by molar-refractivity contribution is 5.99. The number of nitrogens with zero attached hydrogens (tertiary/aromatic N) is 1. The van der Waals surface area contributed by atoms with Crippen LogP contribution in [0.15, 0.2) is 18.2 Å². The molecule has 102 valence electrons. The Labute approximate surface area is 110 Å². The van der Waals surface area contributed by atoms with Crippen molar-refractivity contribution in [1.82, 2.24) is 5.32 Å². The average molecular weight is 264 g/mol. The highest BCUT2D eigenvalue weighted by Crippen LogP contribution is 2.27. The lowest BCUT2D eigenvalue weighted by atomic mass is 9.82. The lowest BCUT2D eigenvalue weighted by molar-refractivity contribution is -0.385. The van der Waals surface area contributed by atoms with Gasteiger partial charge >= 0.3 is 0 Å². The van der Waals surface area contributed by atoms with Crippen molar-refractivity contribution < 1.29 is 14.8 Å². The maximum atomic E-state index is 12.0. The number of benzene rings is 1. The van der Waals surface area contributed by atoms with E-state index in [1.54, 1.807) is 19.1 Å². The zero-order chi connectivity index (χ0) is 14.0. The molecule has 1 aromatic carbocycles. The number of amides is 1. The summed E-state index contributed by atoms with van der Waals surface area (Å²) in [5.41, 5.74) is 0.527. The van der Waals surface area contributed by atoms with E-state index in [4.69, 9.17) is 5.11 Å². The number of hydrogen-bond donors (Lipinski definition) is 2. The largest absolute Gasteiger partial charge is 0.393 e. The Morgan fingerprint density at radius 3 is 2.79 bits per heavy atom. The molecule has 1 amide bonds. The van der Waals surface area contributed by atoms with Gasteiger partial charge in [-0.1, -0.05) is 12.1 Å². The number of nitrogens with one attached hydrogen (secondary N) is 1. The lowest BCUT2D eigenvalue weighted by Gasteiger charge is -2.31. The topological polar surface area (TPSA) is 92.5 Å². The molecule has 19 heavy (non-hydrogen) atoms. The number of aliphatic hydroxyl groups excluding tert-OH is 1. The quantitative estimate of drug-likeness (QED) is 0.635. The Hall–Kier alpha value is -1.95. The van der Waals surface area contributed by atoms with Crippen molar-refractivity contribution in [3.8, 4) is 0 Å². The molecule has 0 heterocycles. The van der Waals surface area contributed by atoms with Crippen LogP contribution in [0.2, 0.25) is 0 Å². The molecule has 0 saturated heterocycles. The molecule has 0 atom stereocenters. The van der Waals surface area contributed by atoms with Crippen molar-refractivity contribution >= 4 is 11.6 Å². The van der Waals surface area contributed by atoms with Crippen molar-refractivity contribution in [1.29, 1.82) is 0 Å². The summed E-state index contributed by atoms with van der Waals surface area (Å²) in [6.45, 7) is 2.12. The van der Waals surface area contributed by atoms with E-state index in [0.29, 0.717) is 24.9 Å². The first-order chi connectivity index (χ1) is 8.99. The number of carbonyl (C=O) groups is 1. The molecule has 6 nitrogen and oxygen atoms in total. The Morgan fingerprint density at radius 1 is 1.53 bits per heavy atom. The summed E-state index contributed by atoms with van der Waals surface area (Å²) in [4.78, 5) is 22.4. The number of nitro benzene ring substituents is 1. The fraction of sp³-hybridized carbons (Fsp3) is 0.462. The number of nitro groups is 1. The molecule has 0 aliphatic heterocycles. The van der Waals surface area contributed by atoms with Crippen LogP contribution >= 0.6 is 0 Å². The maximum Gasteiger partial charge on any atom is 0.282 e. The first kappa shape index (κ1) is 13.5. The van der Waals surface area contributed by atoms with E-state index in [1.165, 1.54) is 6.07 Å². The number of rotatable bonds is 4. The minimum atomic E-state index is -0.547. The van der Waals surface area contributed by atoms with Gasteiger partial charge < -0.3 is 10.4 Å². The van der Waals surface area contributed by atoms with Gasteiger partial charge in [0, 0.05) is 12.6 Å². The summed E-state index contributed by atoms with van der Waals surface area (Å²) in [6, 6.07) is 4.57. The summed E-state index contributed by atoms with van der Waals surface area (Å²) in [5, 5.41) is 22.8.